The summed E-state index contributed by atoms with van der Waals surface area (Å²) in [7, 11) is 0. The van der Waals surface area contributed by atoms with E-state index in [1.165, 1.54) is 0 Å². The first-order chi connectivity index (χ1) is 10.2. The second kappa shape index (κ2) is 7.54. The molecular formula is C16H26N4O. The van der Waals surface area contributed by atoms with Gasteiger partial charge in [-0.25, -0.2) is 5.84 Å². The largest absolute Gasteiger partial charge is 0.300 e. The number of carbonyl (C=O) groups is 1. The molecule has 0 bridgehead atoms. The lowest BCUT2D eigenvalue weighted by atomic mass is 10.1. The molecule has 21 heavy (non-hydrogen) atoms. The molecule has 1 amide bonds. The lowest BCUT2D eigenvalue weighted by Gasteiger charge is -2.29. The van der Waals surface area contributed by atoms with Gasteiger partial charge in [0.1, 0.15) is 6.04 Å². The van der Waals surface area contributed by atoms with E-state index in [2.05, 4.69) is 29.1 Å². The molecule has 3 N–H and O–H groups in total. The Morgan fingerprint density at radius 1 is 1.38 bits per heavy atom. The molecule has 1 aromatic carbocycles. The summed E-state index contributed by atoms with van der Waals surface area (Å²) < 4.78 is 0. The molecule has 2 rings (SSSR count). The first kappa shape index (κ1) is 15.9. The maximum absolute atomic E-state index is 12.2. The number of nitrogens with two attached hydrogens (primary N) is 1. The van der Waals surface area contributed by atoms with Crippen molar-refractivity contribution in [2.45, 2.75) is 32.4 Å². The number of hydrazine groups is 1. The third-order valence-corrected chi connectivity index (χ3v) is 4.39. The minimum Gasteiger partial charge on any atom is -0.300 e. The van der Waals surface area contributed by atoms with Crippen molar-refractivity contribution in [3.05, 3.63) is 35.9 Å². The minimum atomic E-state index is -0.295. The number of hydrogen-bond donors (Lipinski definition) is 2. The molecule has 2 unspecified atom stereocenters. The van der Waals surface area contributed by atoms with Crippen molar-refractivity contribution in [3.8, 4) is 0 Å². The molecule has 1 aliphatic heterocycles. The van der Waals surface area contributed by atoms with Gasteiger partial charge in [-0.05, 0) is 25.1 Å². The Kier molecular flexibility index (Phi) is 5.73. The third kappa shape index (κ3) is 3.61. The third-order valence-electron chi connectivity index (χ3n) is 4.39. The van der Waals surface area contributed by atoms with E-state index in [1.807, 2.05) is 30.3 Å². The smallest absolute Gasteiger partial charge is 0.255 e. The predicted octanol–water partition coefficient (Wildman–Crippen LogP) is 1.13. The number of benzene rings is 1. The Morgan fingerprint density at radius 2 is 2.05 bits per heavy atom. The highest BCUT2D eigenvalue weighted by atomic mass is 16.2. The van der Waals surface area contributed by atoms with Crippen LogP contribution in [-0.4, -0.2) is 47.9 Å². The van der Waals surface area contributed by atoms with E-state index in [9.17, 15) is 4.79 Å². The summed E-state index contributed by atoms with van der Waals surface area (Å²) >= 11 is 0. The van der Waals surface area contributed by atoms with Crippen LogP contribution in [0.25, 0.3) is 0 Å². The van der Waals surface area contributed by atoms with E-state index in [1.54, 1.807) is 0 Å². The molecule has 116 valence electrons. The van der Waals surface area contributed by atoms with Gasteiger partial charge in [-0.1, -0.05) is 44.2 Å². The van der Waals surface area contributed by atoms with Crippen molar-refractivity contribution in [2.24, 2.45) is 5.84 Å². The van der Waals surface area contributed by atoms with Crippen LogP contribution in [0.5, 0.6) is 0 Å². The van der Waals surface area contributed by atoms with Crippen LogP contribution in [0.1, 0.15) is 31.9 Å². The number of nitrogens with zero attached hydrogens (tertiary/aromatic N) is 2. The van der Waals surface area contributed by atoms with E-state index in [-0.39, 0.29) is 11.9 Å². The Balaban J connectivity index is 2.14. The molecule has 1 heterocycles. The monoisotopic (exact) mass is 290 g/mol. The quantitative estimate of drug-likeness (QED) is 0.468. The normalized spacial score (nSPS) is 20.7. The molecule has 1 fully saturated rings. The van der Waals surface area contributed by atoms with Crippen molar-refractivity contribution in [3.63, 3.8) is 0 Å². The van der Waals surface area contributed by atoms with E-state index >= 15 is 0 Å². The highest BCUT2D eigenvalue weighted by Gasteiger charge is 2.34. The second-order valence-electron chi connectivity index (χ2n) is 5.48. The van der Waals surface area contributed by atoms with Crippen molar-refractivity contribution in [1.82, 2.24) is 15.2 Å². The van der Waals surface area contributed by atoms with Gasteiger partial charge in [-0.15, -0.1) is 0 Å². The van der Waals surface area contributed by atoms with Gasteiger partial charge < -0.3 is 0 Å². The lowest BCUT2D eigenvalue weighted by Crippen LogP contribution is -2.44. The topological polar surface area (TPSA) is 61.6 Å². The van der Waals surface area contributed by atoms with Gasteiger partial charge in [-0.2, -0.15) is 0 Å². The van der Waals surface area contributed by atoms with Gasteiger partial charge in [0.05, 0.1) is 0 Å². The zero-order valence-electron chi connectivity index (χ0n) is 13.0. The number of hydrogen-bond acceptors (Lipinski definition) is 4. The van der Waals surface area contributed by atoms with Crippen LogP contribution in [0, 0.1) is 0 Å². The average molecular weight is 290 g/mol. The second-order valence-corrected chi connectivity index (χ2v) is 5.48. The summed E-state index contributed by atoms with van der Waals surface area (Å²) in [6.07, 6.45) is 1.10. The number of carbonyl (C=O) groups excluding carboxylic acids is 1. The summed E-state index contributed by atoms with van der Waals surface area (Å²) in [5.74, 6) is 5.25. The van der Waals surface area contributed by atoms with E-state index in [0.717, 1.165) is 38.2 Å². The van der Waals surface area contributed by atoms with Gasteiger partial charge in [0, 0.05) is 19.1 Å². The van der Waals surface area contributed by atoms with Crippen LogP contribution in [-0.2, 0) is 4.79 Å². The summed E-state index contributed by atoms with van der Waals surface area (Å²) in [5, 5.41) is 0. The van der Waals surface area contributed by atoms with E-state index in [0.29, 0.717) is 6.04 Å². The fourth-order valence-corrected chi connectivity index (χ4v) is 3.28. The molecule has 0 aromatic heterocycles. The van der Waals surface area contributed by atoms with Crippen LogP contribution in [0.2, 0.25) is 0 Å². The summed E-state index contributed by atoms with van der Waals surface area (Å²) in [5.41, 5.74) is 3.32. The highest BCUT2D eigenvalue weighted by molar-refractivity contribution is 5.82. The lowest BCUT2D eigenvalue weighted by molar-refractivity contribution is -0.126. The molecule has 1 aliphatic rings. The van der Waals surface area contributed by atoms with Gasteiger partial charge in [0.2, 0.25) is 0 Å². The van der Waals surface area contributed by atoms with Crippen LogP contribution < -0.4 is 11.3 Å². The zero-order chi connectivity index (χ0) is 15.2. The van der Waals surface area contributed by atoms with Gasteiger partial charge in [-0.3, -0.25) is 20.0 Å². The molecule has 0 aliphatic carbocycles. The number of likely N-dealkylation sites (N-methyl/N-ethyl adjacent to an activating group) is 1. The standard InChI is InChI=1S/C16H26N4O/c1-3-19(4-2)14-10-11-20(12-14)15(16(21)18-17)13-8-6-5-7-9-13/h5-9,14-15H,3-4,10-12,17H2,1-2H3,(H,18,21). The van der Waals surface area contributed by atoms with Gasteiger partial charge in [0.15, 0.2) is 0 Å². The maximum Gasteiger partial charge on any atom is 0.255 e. The van der Waals surface area contributed by atoms with Gasteiger partial charge >= 0.3 is 0 Å². The Labute approximate surface area is 127 Å². The summed E-state index contributed by atoms with van der Waals surface area (Å²) in [4.78, 5) is 16.9. The van der Waals surface area contributed by atoms with Crippen LogP contribution >= 0.6 is 0 Å². The number of rotatable bonds is 6. The SMILES string of the molecule is CCN(CC)C1CCN(C(C(=O)NN)c2ccccc2)C1. The van der Waals surface area contributed by atoms with Crippen LogP contribution in [0.15, 0.2) is 30.3 Å². The predicted molar refractivity (Wildman–Crippen MR) is 84.4 cm³/mol. The number of likely N-dealkylation sites (tertiary alicyclic amines) is 1. The zero-order valence-corrected chi connectivity index (χ0v) is 13.0. The first-order valence-electron chi connectivity index (χ1n) is 7.74. The maximum atomic E-state index is 12.2. The molecule has 2 atom stereocenters. The van der Waals surface area contributed by atoms with Crippen molar-refractivity contribution in [1.29, 1.82) is 0 Å². The Morgan fingerprint density at radius 3 is 2.62 bits per heavy atom. The Hall–Kier alpha value is -1.43. The molecule has 5 heteroatoms. The summed E-state index contributed by atoms with van der Waals surface area (Å²) in [6.45, 7) is 8.31. The molecule has 0 radical (unpaired) electrons. The Bertz CT molecular complexity index is 447. The molecular weight excluding hydrogens is 264 g/mol. The minimum absolute atomic E-state index is 0.138. The van der Waals surface area contributed by atoms with Crippen LogP contribution in [0.3, 0.4) is 0 Å². The van der Waals surface area contributed by atoms with Crippen molar-refractivity contribution >= 4 is 5.91 Å². The fourth-order valence-electron chi connectivity index (χ4n) is 3.28. The average Bonchev–Trinajstić information content (AvgIpc) is 2.99. The summed E-state index contributed by atoms with van der Waals surface area (Å²) in [6, 6.07) is 10.1. The molecule has 5 nitrogen and oxygen atoms in total. The van der Waals surface area contributed by atoms with Crippen LogP contribution in [0.4, 0.5) is 0 Å². The van der Waals surface area contributed by atoms with Crippen molar-refractivity contribution < 1.29 is 4.79 Å². The number of amides is 1. The molecule has 1 aromatic rings. The molecule has 0 spiro atoms. The van der Waals surface area contributed by atoms with Gasteiger partial charge in [0.25, 0.3) is 5.91 Å². The number of nitrogens with one attached hydrogen (secondary N) is 1. The molecule has 1 saturated heterocycles. The fraction of sp³-hybridized carbons (Fsp3) is 0.562. The molecule has 0 saturated carbocycles. The van der Waals surface area contributed by atoms with Crippen molar-refractivity contribution in [2.75, 3.05) is 26.2 Å². The van der Waals surface area contributed by atoms with E-state index in [4.69, 9.17) is 5.84 Å². The van der Waals surface area contributed by atoms with E-state index < -0.39 is 0 Å². The highest BCUT2D eigenvalue weighted by Crippen LogP contribution is 2.27. The first-order valence-corrected chi connectivity index (χ1v) is 7.74.